The third kappa shape index (κ3) is 69.3. The number of carbonyl (C=O) groups excluding carboxylic acids is 3. The number of rotatable bonds is 66. The van der Waals surface area contributed by atoms with Crippen LogP contribution in [0, 0.1) is 0 Å². The summed E-state index contributed by atoms with van der Waals surface area (Å²) < 4.78 is 17.0. The van der Waals surface area contributed by atoms with Crippen LogP contribution in [0.1, 0.15) is 367 Å². The third-order valence-electron chi connectivity index (χ3n) is 15.9. The normalized spacial score (nSPS) is 12.6. The van der Waals surface area contributed by atoms with Crippen LogP contribution in [0.3, 0.4) is 0 Å². The smallest absolute Gasteiger partial charge is 0.306 e. The molecule has 0 aromatic heterocycles. The van der Waals surface area contributed by atoms with E-state index >= 15 is 0 Å². The highest BCUT2D eigenvalue weighted by Gasteiger charge is 2.19. The van der Waals surface area contributed by atoms with E-state index in [9.17, 15) is 14.4 Å². The summed E-state index contributed by atoms with van der Waals surface area (Å²) in [7, 11) is 0. The molecule has 0 rings (SSSR count). The lowest BCUT2D eigenvalue weighted by atomic mass is 10.0. The van der Waals surface area contributed by atoms with Crippen molar-refractivity contribution in [3.8, 4) is 0 Å². The molecule has 0 bridgehead atoms. The molecule has 0 radical (unpaired) electrons. The van der Waals surface area contributed by atoms with Gasteiger partial charge in [-0.3, -0.25) is 14.4 Å². The fraction of sp³-hybridized carbons (Fsp3) is 0.779. The minimum atomic E-state index is -0.785. The van der Waals surface area contributed by atoms with E-state index in [0.717, 1.165) is 103 Å². The minimum absolute atomic E-state index is 0.0787. The molecule has 0 aliphatic rings. The number of esters is 3. The van der Waals surface area contributed by atoms with Gasteiger partial charge in [-0.05, 0) is 116 Å². The Bertz CT molecular complexity index is 1570. The van der Waals surface area contributed by atoms with Crippen molar-refractivity contribution < 1.29 is 28.6 Å². The first kappa shape index (κ1) is 79.6. The van der Waals surface area contributed by atoms with Gasteiger partial charge in [0.15, 0.2) is 6.10 Å². The summed E-state index contributed by atoms with van der Waals surface area (Å²) in [5.41, 5.74) is 0. The van der Waals surface area contributed by atoms with Crippen molar-refractivity contribution in [2.75, 3.05) is 13.2 Å². The van der Waals surface area contributed by atoms with Crippen LogP contribution in [0.25, 0.3) is 0 Å². The lowest BCUT2D eigenvalue weighted by molar-refractivity contribution is -0.167. The summed E-state index contributed by atoms with van der Waals surface area (Å²) in [6, 6.07) is 0. The van der Waals surface area contributed by atoms with Gasteiger partial charge in [-0.1, -0.05) is 318 Å². The highest BCUT2D eigenvalue weighted by atomic mass is 16.6. The van der Waals surface area contributed by atoms with Gasteiger partial charge >= 0.3 is 17.9 Å². The summed E-state index contributed by atoms with van der Waals surface area (Å²) >= 11 is 0. The van der Waals surface area contributed by atoms with E-state index in [4.69, 9.17) is 14.2 Å². The SMILES string of the molecule is CC/C=C\C/C=C\C/C=C\C/C=C\C/C=C\CCCCCCCCCCCC(=O)OC(COC(=O)CCCCCCC/C=C\CCCCCC)COC(=O)CCCCCCCCCCCCCCCCC/C=C\CCCCCCCCCC. The highest BCUT2D eigenvalue weighted by Crippen LogP contribution is 2.18. The fourth-order valence-electron chi connectivity index (χ4n) is 10.5. The molecule has 0 aliphatic heterocycles. The van der Waals surface area contributed by atoms with Crippen molar-refractivity contribution >= 4 is 17.9 Å². The van der Waals surface area contributed by atoms with Crippen LogP contribution < -0.4 is 0 Å². The van der Waals surface area contributed by atoms with Crippen molar-refractivity contribution in [3.63, 3.8) is 0 Å². The molecule has 1 unspecified atom stereocenters. The molecule has 83 heavy (non-hydrogen) atoms. The molecule has 0 saturated heterocycles. The van der Waals surface area contributed by atoms with Gasteiger partial charge in [0, 0.05) is 19.3 Å². The maximum atomic E-state index is 13.0. The second kappa shape index (κ2) is 71.1. The second-order valence-electron chi connectivity index (χ2n) is 24.1. The lowest BCUT2D eigenvalue weighted by Gasteiger charge is -2.18. The standard InChI is InChI=1S/C77H136O6/c1-4-7-10-13-16-19-22-25-27-29-31-33-35-37-38-40-41-43-45-47-49-52-55-58-61-64-67-70-76(79)82-73-74(72-81-75(78)69-66-63-60-57-54-51-24-21-18-15-12-9-6-3)83-77(80)71-68-65-62-59-56-53-50-48-46-44-42-39-36-34-32-30-28-26-23-20-17-14-11-8-5-2/h8,11,17,20-21,24,26,28-29,31-32,34,39,42,74H,4-7,9-10,12-16,18-19,22-23,25,27,30,33,35-38,40-41,43-73H2,1-3H3/b11-8-,20-17-,24-21-,28-26-,31-29-,34-32-,42-39-. The van der Waals surface area contributed by atoms with E-state index in [0.29, 0.717) is 19.3 Å². The molecule has 0 spiro atoms. The van der Waals surface area contributed by atoms with Crippen LogP contribution in [0.5, 0.6) is 0 Å². The van der Waals surface area contributed by atoms with Gasteiger partial charge in [-0.25, -0.2) is 0 Å². The number of hydrogen-bond donors (Lipinski definition) is 0. The summed E-state index contributed by atoms with van der Waals surface area (Å²) in [5, 5.41) is 0. The van der Waals surface area contributed by atoms with Gasteiger partial charge in [0.25, 0.3) is 0 Å². The topological polar surface area (TPSA) is 78.9 Å². The van der Waals surface area contributed by atoms with E-state index in [-0.39, 0.29) is 31.1 Å². The molecule has 0 aromatic rings. The molecule has 6 heteroatoms. The first-order valence-electron chi connectivity index (χ1n) is 36.1. The lowest BCUT2D eigenvalue weighted by Crippen LogP contribution is -2.30. The Morgan fingerprint density at radius 2 is 0.470 bits per heavy atom. The molecule has 6 nitrogen and oxygen atoms in total. The van der Waals surface area contributed by atoms with Gasteiger partial charge in [-0.2, -0.15) is 0 Å². The van der Waals surface area contributed by atoms with Crippen LogP contribution in [-0.2, 0) is 28.6 Å². The first-order valence-corrected chi connectivity index (χ1v) is 36.1. The zero-order valence-electron chi connectivity index (χ0n) is 55.2. The van der Waals surface area contributed by atoms with Gasteiger partial charge in [0.2, 0.25) is 0 Å². The Labute approximate surface area is 515 Å². The van der Waals surface area contributed by atoms with Crippen molar-refractivity contribution in [2.24, 2.45) is 0 Å². The first-order chi connectivity index (χ1) is 41.0. The van der Waals surface area contributed by atoms with Crippen molar-refractivity contribution in [1.82, 2.24) is 0 Å². The Morgan fingerprint density at radius 1 is 0.253 bits per heavy atom. The highest BCUT2D eigenvalue weighted by molar-refractivity contribution is 5.71. The monoisotopic (exact) mass is 1160 g/mol. The van der Waals surface area contributed by atoms with Gasteiger partial charge in [0.1, 0.15) is 13.2 Å². The molecular weight excluding hydrogens is 1020 g/mol. The van der Waals surface area contributed by atoms with E-state index in [1.54, 1.807) is 0 Å². The number of allylic oxidation sites excluding steroid dienone is 14. The van der Waals surface area contributed by atoms with Crippen molar-refractivity contribution in [3.05, 3.63) is 85.1 Å². The zero-order valence-corrected chi connectivity index (χ0v) is 55.2. The Morgan fingerprint density at radius 3 is 0.759 bits per heavy atom. The van der Waals surface area contributed by atoms with Crippen LogP contribution in [-0.4, -0.2) is 37.2 Å². The van der Waals surface area contributed by atoms with Gasteiger partial charge < -0.3 is 14.2 Å². The molecule has 0 heterocycles. The maximum Gasteiger partial charge on any atom is 0.306 e. The zero-order chi connectivity index (χ0) is 59.9. The minimum Gasteiger partial charge on any atom is -0.462 e. The number of unbranched alkanes of at least 4 members (excludes halogenated alkanes) is 41. The van der Waals surface area contributed by atoms with E-state index < -0.39 is 6.10 Å². The molecule has 0 amide bonds. The quantitative estimate of drug-likeness (QED) is 0.0261. The predicted molar refractivity (Wildman–Crippen MR) is 362 cm³/mol. The van der Waals surface area contributed by atoms with Crippen LogP contribution in [0.2, 0.25) is 0 Å². The van der Waals surface area contributed by atoms with E-state index in [1.165, 1.54) is 225 Å². The Hall–Kier alpha value is -3.41. The molecule has 0 saturated carbocycles. The van der Waals surface area contributed by atoms with E-state index in [1.807, 2.05) is 0 Å². The van der Waals surface area contributed by atoms with Crippen molar-refractivity contribution in [1.29, 1.82) is 0 Å². The summed E-state index contributed by atoms with van der Waals surface area (Å²) in [6.45, 7) is 6.55. The number of carbonyl (C=O) groups is 3. The van der Waals surface area contributed by atoms with Gasteiger partial charge in [-0.15, -0.1) is 0 Å². The summed E-state index contributed by atoms with van der Waals surface area (Å²) in [5.74, 6) is -0.876. The third-order valence-corrected chi connectivity index (χ3v) is 15.9. The molecule has 1 atom stereocenters. The van der Waals surface area contributed by atoms with Crippen LogP contribution in [0.4, 0.5) is 0 Å². The number of hydrogen-bond acceptors (Lipinski definition) is 6. The van der Waals surface area contributed by atoms with Gasteiger partial charge in [0.05, 0.1) is 0 Å². The second-order valence-corrected chi connectivity index (χ2v) is 24.1. The summed E-state index contributed by atoms with van der Waals surface area (Å²) in [6.07, 6.45) is 94.7. The molecule has 0 fully saturated rings. The van der Waals surface area contributed by atoms with Crippen LogP contribution in [0.15, 0.2) is 85.1 Å². The predicted octanol–water partition coefficient (Wildman–Crippen LogP) is 25.0. The molecule has 0 aromatic carbocycles. The Balaban J connectivity index is 4.27. The fourth-order valence-corrected chi connectivity index (χ4v) is 10.5. The molecule has 0 aliphatic carbocycles. The Kier molecular flexibility index (Phi) is 68.2. The average molecular weight is 1160 g/mol. The molecule has 0 N–H and O–H groups in total. The largest absolute Gasteiger partial charge is 0.462 e. The molecule has 480 valence electrons. The molecular formula is C77H136O6. The number of ether oxygens (including phenoxy) is 3. The maximum absolute atomic E-state index is 13.0. The summed E-state index contributed by atoms with van der Waals surface area (Å²) in [4.78, 5) is 38.5. The van der Waals surface area contributed by atoms with E-state index in [2.05, 4.69) is 106 Å². The van der Waals surface area contributed by atoms with Crippen molar-refractivity contribution in [2.45, 2.75) is 374 Å². The van der Waals surface area contributed by atoms with Crippen LogP contribution >= 0.6 is 0 Å². The average Bonchev–Trinajstić information content (AvgIpc) is 3.49.